The Bertz CT molecular complexity index is 1430. The molecule has 2 N–H and O–H groups in total. The largest absolute Gasteiger partial charge is 0.454 e. The molecule has 1 aliphatic heterocycles. The number of thiazole rings is 1. The Kier molecular flexibility index (Phi) is 5.10. The standard InChI is InChI=1S/C25H20N4O4S/c30-23(14-9-10-19-20(12-14)33-13-32-19)29-25-28-22-16(4-1-8-21(22)34-25)24(31)27-18-7-2-6-17-15(18)5-3-11-26-17/h2-3,5-7,9-12,16H,1,4,8,13H2,(H,27,31)(H,28,29,30). The topological polar surface area (TPSA) is 102 Å². The van der Waals surface area contributed by atoms with Crippen molar-refractivity contribution in [1.29, 1.82) is 0 Å². The number of carbonyl (C=O) groups is 2. The van der Waals surface area contributed by atoms with Crippen LogP contribution in [-0.2, 0) is 11.2 Å². The Labute approximate surface area is 198 Å². The van der Waals surface area contributed by atoms with E-state index in [4.69, 9.17) is 9.47 Å². The maximum atomic E-state index is 13.3. The number of hydrogen-bond donors (Lipinski definition) is 2. The molecule has 6 rings (SSSR count). The molecule has 34 heavy (non-hydrogen) atoms. The van der Waals surface area contributed by atoms with Crippen molar-refractivity contribution in [3.8, 4) is 11.5 Å². The molecule has 0 spiro atoms. The molecule has 0 saturated carbocycles. The minimum absolute atomic E-state index is 0.101. The van der Waals surface area contributed by atoms with Crippen molar-refractivity contribution in [3.63, 3.8) is 0 Å². The molecule has 170 valence electrons. The highest BCUT2D eigenvalue weighted by Gasteiger charge is 2.31. The van der Waals surface area contributed by atoms with Gasteiger partial charge in [-0.25, -0.2) is 4.98 Å². The fourth-order valence-corrected chi connectivity index (χ4v) is 5.43. The molecule has 4 aromatic rings. The van der Waals surface area contributed by atoms with E-state index in [1.807, 2.05) is 30.3 Å². The molecule has 9 heteroatoms. The van der Waals surface area contributed by atoms with Gasteiger partial charge in [0.2, 0.25) is 12.7 Å². The normalized spacial score (nSPS) is 16.2. The minimum atomic E-state index is -0.372. The van der Waals surface area contributed by atoms with Crippen LogP contribution in [0.3, 0.4) is 0 Å². The number of anilines is 2. The zero-order valence-electron chi connectivity index (χ0n) is 18.0. The number of pyridine rings is 1. The lowest BCUT2D eigenvalue weighted by Crippen LogP contribution is -2.24. The molecule has 1 unspecified atom stereocenters. The van der Waals surface area contributed by atoms with E-state index >= 15 is 0 Å². The quantitative estimate of drug-likeness (QED) is 0.445. The second-order valence-electron chi connectivity index (χ2n) is 8.16. The predicted molar refractivity (Wildman–Crippen MR) is 129 cm³/mol. The zero-order chi connectivity index (χ0) is 23.1. The number of fused-ring (bicyclic) bond motifs is 3. The van der Waals surface area contributed by atoms with Crippen molar-refractivity contribution in [2.45, 2.75) is 25.2 Å². The molecule has 0 saturated heterocycles. The average Bonchev–Trinajstić information content (AvgIpc) is 3.50. The summed E-state index contributed by atoms with van der Waals surface area (Å²) in [6.45, 7) is 0.151. The van der Waals surface area contributed by atoms with Gasteiger partial charge >= 0.3 is 0 Å². The van der Waals surface area contributed by atoms with E-state index in [1.54, 1.807) is 24.4 Å². The van der Waals surface area contributed by atoms with Gasteiger partial charge in [-0.1, -0.05) is 6.07 Å². The molecule has 2 aromatic carbocycles. The molecule has 2 aliphatic rings. The first-order chi connectivity index (χ1) is 16.7. The van der Waals surface area contributed by atoms with Gasteiger partial charge in [-0.3, -0.25) is 19.9 Å². The van der Waals surface area contributed by atoms with Crippen LogP contribution in [0, 0.1) is 0 Å². The van der Waals surface area contributed by atoms with E-state index in [-0.39, 0.29) is 24.5 Å². The van der Waals surface area contributed by atoms with Crippen LogP contribution in [0.15, 0.2) is 54.7 Å². The molecule has 0 fully saturated rings. The average molecular weight is 473 g/mol. The molecular weight excluding hydrogens is 452 g/mol. The number of amides is 2. The molecule has 1 atom stereocenters. The van der Waals surface area contributed by atoms with Gasteiger partial charge < -0.3 is 14.8 Å². The van der Waals surface area contributed by atoms with Gasteiger partial charge in [0.25, 0.3) is 5.91 Å². The summed E-state index contributed by atoms with van der Waals surface area (Å²) in [5.41, 5.74) is 2.76. The summed E-state index contributed by atoms with van der Waals surface area (Å²) in [5.74, 6) is 0.413. The third kappa shape index (κ3) is 3.73. The smallest absolute Gasteiger partial charge is 0.257 e. The van der Waals surface area contributed by atoms with E-state index in [2.05, 4.69) is 20.6 Å². The summed E-state index contributed by atoms with van der Waals surface area (Å²) >= 11 is 1.42. The Morgan fingerprint density at radius 3 is 2.88 bits per heavy atom. The summed E-state index contributed by atoms with van der Waals surface area (Å²) in [6.07, 6.45) is 4.17. The molecule has 0 radical (unpaired) electrons. The van der Waals surface area contributed by atoms with Crippen LogP contribution < -0.4 is 20.1 Å². The number of nitrogens with one attached hydrogen (secondary N) is 2. The van der Waals surface area contributed by atoms with Gasteiger partial charge in [-0.05, 0) is 61.7 Å². The highest BCUT2D eigenvalue weighted by Crippen LogP contribution is 2.38. The lowest BCUT2D eigenvalue weighted by molar-refractivity contribution is -0.117. The Hall–Kier alpha value is -3.98. The summed E-state index contributed by atoms with van der Waals surface area (Å²) < 4.78 is 10.7. The van der Waals surface area contributed by atoms with Crippen LogP contribution in [-0.4, -0.2) is 28.6 Å². The second kappa shape index (κ2) is 8.42. The van der Waals surface area contributed by atoms with E-state index in [0.717, 1.165) is 40.0 Å². The summed E-state index contributed by atoms with van der Waals surface area (Å²) in [5, 5.41) is 7.32. The van der Waals surface area contributed by atoms with Crippen molar-refractivity contribution in [1.82, 2.24) is 9.97 Å². The molecule has 2 aromatic heterocycles. The Morgan fingerprint density at radius 1 is 1.03 bits per heavy atom. The summed E-state index contributed by atoms with van der Waals surface area (Å²) in [7, 11) is 0. The summed E-state index contributed by atoms with van der Waals surface area (Å²) in [6, 6.07) is 14.5. The van der Waals surface area contributed by atoms with Crippen molar-refractivity contribution in [2.24, 2.45) is 0 Å². The summed E-state index contributed by atoms with van der Waals surface area (Å²) in [4.78, 5) is 36.1. The Morgan fingerprint density at radius 2 is 1.94 bits per heavy atom. The maximum absolute atomic E-state index is 13.3. The number of hydrogen-bond acceptors (Lipinski definition) is 7. The number of aromatic nitrogens is 2. The third-order valence-corrected chi connectivity index (χ3v) is 7.08. The number of ether oxygens (including phenoxy) is 2. The first kappa shape index (κ1) is 20.6. The highest BCUT2D eigenvalue weighted by molar-refractivity contribution is 7.16. The van der Waals surface area contributed by atoms with Crippen LogP contribution in [0.4, 0.5) is 10.8 Å². The molecule has 8 nitrogen and oxygen atoms in total. The minimum Gasteiger partial charge on any atom is -0.454 e. The van der Waals surface area contributed by atoms with Crippen LogP contribution in [0.25, 0.3) is 10.9 Å². The molecule has 1 aliphatic carbocycles. The predicted octanol–water partition coefficient (Wildman–Crippen LogP) is 4.73. The van der Waals surface area contributed by atoms with E-state index < -0.39 is 0 Å². The number of nitrogens with zero attached hydrogens (tertiary/aromatic N) is 2. The van der Waals surface area contributed by atoms with Gasteiger partial charge in [0.15, 0.2) is 16.6 Å². The SMILES string of the molecule is O=C(Nc1nc2c(s1)CCCC2C(=O)Nc1cccc2ncccc12)c1ccc2c(c1)OCO2. The molecule has 2 amide bonds. The van der Waals surface area contributed by atoms with Gasteiger partial charge in [0.05, 0.1) is 22.8 Å². The van der Waals surface area contributed by atoms with Crippen molar-refractivity contribution in [2.75, 3.05) is 17.4 Å². The van der Waals surface area contributed by atoms with Gasteiger partial charge in [0.1, 0.15) is 0 Å². The molecule has 3 heterocycles. The monoisotopic (exact) mass is 472 g/mol. The highest BCUT2D eigenvalue weighted by atomic mass is 32.1. The fourth-order valence-electron chi connectivity index (χ4n) is 4.37. The van der Waals surface area contributed by atoms with Crippen molar-refractivity contribution in [3.05, 3.63) is 70.9 Å². The lowest BCUT2D eigenvalue weighted by Gasteiger charge is -2.20. The van der Waals surface area contributed by atoms with Crippen LogP contribution in [0.2, 0.25) is 0 Å². The number of rotatable bonds is 4. The maximum Gasteiger partial charge on any atom is 0.257 e. The number of benzene rings is 2. The van der Waals surface area contributed by atoms with Crippen LogP contribution in [0.5, 0.6) is 11.5 Å². The zero-order valence-corrected chi connectivity index (χ0v) is 18.9. The van der Waals surface area contributed by atoms with Gasteiger partial charge in [-0.15, -0.1) is 11.3 Å². The van der Waals surface area contributed by atoms with Crippen LogP contribution >= 0.6 is 11.3 Å². The van der Waals surface area contributed by atoms with Gasteiger partial charge in [-0.2, -0.15) is 0 Å². The third-order valence-electron chi connectivity index (χ3n) is 6.03. The first-order valence-corrected chi connectivity index (χ1v) is 11.8. The van der Waals surface area contributed by atoms with Crippen molar-refractivity contribution < 1.29 is 19.1 Å². The van der Waals surface area contributed by atoms with E-state index in [9.17, 15) is 9.59 Å². The lowest BCUT2D eigenvalue weighted by atomic mass is 9.90. The van der Waals surface area contributed by atoms with E-state index in [0.29, 0.717) is 28.6 Å². The van der Waals surface area contributed by atoms with Crippen LogP contribution in [0.1, 0.15) is 39.7 Å². The van der Waals surface area contributed by atoms with Gasteiger partial charge in [0, 0.05) is 22.0 Å². The number of aryl methyl sites for hydroxylation is 1. The second-order valence-corrected chi connectivity index (χ2v) is 9.24. The Balaban J connectivity index is 1.22. The fraction of sp³-hybridized carbons (Fsp3) is 0.200. The van der Waals surface area contributed by atoms with Crippen molar-refractivity contribution >= 4 is 44.9 Å². The first-order valence-electron chi connectivity index (χ1n) is 11.0. The molecule has 0 bridgehead atoms. The number of carbonyl (C=O) groups excluding carboxylic acids is 2. The van der Waals surface area contributed by atoms with E-state index in [1.165, 1.54) is 11.3 Å². The molecular formula is C25H20N4O4S.